The Morgan fingerprint density at radius 3 is 2.67 bits per heavy atom. The molecular formula is C7H14BN. The molecule has 2 heteroatoms. The Hall–Kier alpha value is 0.0249. The fraction of sp³-hybridized carbons (Fsp3) is 1.00. The quantitative estimate of drug-likeness (QED) is 0.556. The second-order valence-corrected chi connectivity index (χ2v) is 3.10. The summed E-state index contributed by atoms with van der Waals surface area (Å²) in [6, 6.07) is 0.510. The molecule has 0 spiro atoms. The summed E-state index contributed by atoms with van der Waals surface area (Å²) in [5.41, 5.74) is 0. The molecular weight excluding hydrogens is 109 g/mol. The van der Waals surface area contributed by atoms with Gasteiger partial charge in [0.1, 0.15) is 0 Å². The van der Waals surface area contributed by atoms with Crippen LogP contribution in [0.4, 0.5) is 0 Å². The van der Waals surface area contributed by atoms with Crippen LogP contribution in [0.1, 0.15) is 32.6 Å². The van der Waals surface area contributed by atoms with Crippen molar-refractivity contribution >= 4 is 7.98 Å². The van der Waals surface area contributed by atoms with Gasteiger partial charge in [-0.2, -0.15) is 0 Å². The second-order valence-electron chi connectivity index (χ2n) is 3.10. The van der Waals surface area contributed by atoms with Gasteiger partial charge in [0, 0.05) is 0 Å². The van der Waals surface area contributed by atoms with E-state index < -0.39 is 0 Å². The molecule has 1 rings (SSSR count). The minimum absolute atomic E-state index is 0.510. The van der Waals surface area contributed by atoms with Crippen LogP contribution in [-0.4, -0.2) is 14.0 Å². The summed E-state index contributed by atoms with van der Waals surface area (Å²) in [6.45, 7) is 2.14. The van der Waals surface area contributed by atoms with Crippen LogP contribution >= 0.6 is 0 Å². The molecule has 0 aromatic carbocycles. The van der Waals surface area contributed by atoms with Gasteiger partial charge in [0.25, 0.3) is 0 Å². The van der Waals surface area contributed by atoms with Gasteiger partial charge in [-0.3, -0.25) is 0 Å². The molecule has 0 amide bonds. The maximum Gasteiger partial charge on any atom is 0.178 e. The zero-order valence-corrected chi connectivity index (χ0v) is 6.06. The van der Waals surface area contributed by atoms with E-state index in [4.69, 9.17) is 7.98 Å². The van der Waals surface area contributed by atoms with Gasteiger partial charge in [-0.1, -0.05) is 26.2 Å². The molecule has 0 saturated heterocycles. The van der Waals surface area contributed by atoms with E-state index >= 15 is 0 Å². The molecule has 1 fully saturated rings. The van der Waals surface area contributed by atoms with Crippen molar-refractivity contribution in [2.45, 2.75) is 38.6 Å². The summed E-state index contributed by atoms with van der Waals surface area (Å²) in [4.78, 5) is 0. The number of hydrogen-bond acceptors (Lipinski definition) is 1. The smallest absolute Gasteiger partial charge is 0.178 e. The maximum absolute atomic E-state index is 5.25. The number of nitrogens with one attached hydrogen (secondary N) is 1. The molecule has 9 heavy (non-hydrogen) atoms. The first-order chi connectivity index (χ1) is 4.33. The first kappa shape index (κ1) is 7.14. The van der Waals surface area contributed by atoms with Crippen molar-refractivity contribution in [3.8, 4) is 0 Å². The molecule has 1 aliphatic carbocycles. The van der Waals surface area contributed by atoms with E-state index in [0.29, 0.717) is 6.04 Å². The second kappa shape index (κ2) is 3.26. The highest BCUT2D eigenvalue weighted by atomic mass is 14.8. The molecule has 1 saturated carbocycles. The standard InChI is InChI=1S/C7H14BN/c1-6(9-8)5-7-3-2-4-7/h6-7,9H,2-5H2,1H3. The average Bonchev–Trinajstić information content (AvgIpc) is 1.78. The predicted octanol–water partition coefficient (Wildman–Crippen LogP) is 1.24. The van der Waals surface area contributed by atoms with E-state index in [2.05, 4.69) is 12.2 Å². The van der Waals surface area contributed by atoms with E-state index in [1.807, 2.05) is 0 Å². The van der Waals surface area contributed by atoms with Crippen LogP contribution in [0.5, 0.6) is 0 Å². The lowest BCUT2D eigenvalue weighted by atomic mass is 9.81. The summed E-state index contributed by atoms with van der Waals surface area (Å²) in [6.07, 6.45) is 5.54. The molecule has 2 radical (unpaired) electrons. The topological polar surface area (TPSA) is 12.0 Å². The fourth-order valence-electron chi connectivity index (χ4n) is 1.30. The third-order valence-corrected chi connectivity index (χ3v) is 2.20. The maximum atomic E-state index is 5.25. The van der Waals surface area contributed by atoms with Crippen molar-refractivity contribution in [1.82, 2.24) is 5.23 Å². The van der Waals surface area contributed by atoms with Crippen molar-refractivity contribution in [1.29, 1.82) is 0 Å². The van der Waals surface area contributed by atoms with Crippen molar-refractivity contribution in [3.63, 3.8) is 0 Å². The Bertz CT molecular complexity index is 78.2. The van der Waals surface area contributed by atoms with Crippen LogP contribution in [0.2, 0.25) is 0 Å². The minimum atomic E-state index is 0.510. The first-order valence-corrected chi connectivity index (χ1v) is 3.79. The lowest BCUT2D eigenvalue weighted by Gasteiger charge is -2.27. The molecule has 50 valence electrons. The average molecular weight is 123 g/mol. The first-order valence-electron chi connectivity index (χ1n) is 3.79. The molecule has 1 aliphatic rings. The predicted molar refractivity (Wildman–Crippen MR) is 40.3 cm³/mol. The van der Waals surface area contributed by atoms with E-state index in [1.54, 1.807) is 0 Å². The van der Waals surface area contributed by atoms with Crippen molar-refractivity contribution in [3.05, 3.63) is 0 Å². The van der Waals surface area contributed by atoms with Crippen LogP contribution in [0, 0.1) is 5.92 Å². The number of rotatable bonds is 3. The van der Waals surface area contributed by atoms with Gasteiger partial charge in [-0.15, -0.1) is 0 Å². The van der Waals surface area contributed by atoms with E-state index in [0.717, 1.165) is 5.92 Å². The molecule has 1 atom stereocenters. The lowest BCUT2D eigenvalue weighted by molar-refractivity contribution is 0.276. The van der Waals surface area contributed by atoms with Crippen LogP contribution in [0.15, 0.2) is 0 Å². The van der Waals surface area contributed by atoms with Crippen molar-refractivity contribution in [2.24, 2.45) is 5.92 Å². The van der Waals surface area contributed by atoms with Gasteiger partial charge >= 0.3 is 0 Å². The monoisotopic (exact) mass is 123 g/mol. The van der Waals surface area contributed by atoms with Gasteiger partial charge in [-0.25, -0.2) is 0 Å². The van der Waals surface area contributed by atoms with Crippen LogP contribution < -0.4 is 5.23 Å². The lowest BCUT2D eigenvalue weighted by Crippen LogP contribution is -2.27. The zero-order chi connectivity index (χ0) is 6.69. The van der Waals surface area contributed by atoms with Crippen LogP contribution in [0.3, 0.4) is 0 Å². The molecule has 1 N–H and O–H groups in total. The Labute approximate surface area is 58.6 Å². The Morgan fingerprint density at radius 1 is 1.67 bits per heavy atom. The van der Waals surface area contributed by atoms with E-state index in [1.165, 1.54) is 25.7 Å². The summed E-state index contributed by atoms with van der Waals surface area (Å²) in [7, 11) is 5.25. The summed E-state index contributed by atoms with van der Waals surface area (Å²) >= 11 is 0. The molecule has 0 heterocycles. The van der Waals surface area contributed by atoms with Crippen molar-refractivity contribution in [2.75, 3.05) is 0 Å². The zero-order valence-electron chi connectivity index (χ0n) is 6.06. The van der Waals surface area contributed by atoms with Crippen LogP contribution in [-0.2, 0) is 0 Å². The minimum Gasteiger partial charge on any atom is -0.364 e. The van der Waals surface area contributed by atoms with E-state index in [9.17, 15) is 0 Å². The molecule has 1 nitrogen and oxygen atoms in total. The van der Waals surface area contributed by atoms with Gasteiger partial charge in [0.15, 0.2) is 7.98 Å². The Balaban J connectivity index is 2.01. The SMILES string of the molecule is [B]NC(C)CC1CCC1. The fourth-order valence-corrected chi connectivity index (χ4v) is 1.30. The van der Waals surface area contributed by atoms with Crippen molar-refractivity contribution < 1.29 is 0 Å². The Morgan fingerprint density at radius 2 is 2.33 bits per heavy atom. The van der Waals surface area contributed by atoms with E-state index in [-0.39, 0.29) is 0 Å². The third-order valence-electron chi connectivity index (χ3n) is 2.20. The molecule has 0 aromatic heterocycles. The summed E-state index contributed by atoms with van der Waals surface area (Å²) < 4.78 is 0. The largest absolute Gasteiger partial charge is 0.364 e. The Kier molecular flexibility index (Phi) is 2.58. The summed E-state index contributed by atoms with van der Waals surface area (Å²) in [5.74, 6) is 0.969. The highest BCUT2D eigenvalue weighted by molar-refractivity contribution is 6.04. The molecule has 0 aliphatic heterocycles. The van der Waals surface area contributed by atoms with Gasteiger partial charge in [0.05, 0.1) is 0 Å². The molecule has 0 bridgehead atoms. The van der Waals surface area contributed by atoms with Crippen LogP contribution in [0.25, 0.3) is 0 Å². The molecule has 1 unspecified atom stereocenters. The van der Waals surface area contributed by atoms with Gasteiger partial charge in [-0.05, 0) is 18.4 Å². The highest BCUT2D eigenvalue weighted by Gasteiger charge is 2.18. The highest BCUT2D eigenvalue weighted by Crippen LogP contribution is 2.30. The molecule has 0 aromatic rings. The summed E-state index contributed by atoms with van der Waals surface area (Å²) in [5, 5.41) is 2.76. The van der Waals surface area contributed by atoms with Gasteiger partial charge < -0.3 is 5.23 Å². The third kappa shape index (κ3) is 2.01. The normalized spacial score (nSPS) is 23.2. The van der Waals surface area contributed by atoms with Gasteiger partial charge in [0.2, 0.25) is 0 Å². The number of hydrogen-bond donors (Lipinski definition) is 1.